The van der Waals surface area contributed by atoms with Crippen LogP contribution in [0, 0.1) is 0 Å². The van der Waals surface area contributed by atoms with Gasteiger partial charge in [0.1, 0.15) is 0 Å². The monoisotopic (exact) mass is 554 g/mol. The minimum Gasteiger partial charge on any atom is -0.493 e. The Bertz CT molecular complexity index is 1690. The Labute approximate surface area is 235 Å². The molecule has 0 fully saturated rings. The van der Waals surface area contributed by atoms with Gasteiger partial charge in [-0.3, -0.25) is 9.59 Å². The number of benzene rings is 3. The van der Waals surface area contributed by atoms with E-state index in [0.717, 1.165) is 32.4 Å². The highest BCUT2D eigenvalue weighted by Gasteiger charge is 2.21. The highest BCUT2D eigenvalue weighted by atomic mass is 32.1. The molecule has 5 aromatic rings. The Balaban J connectivity index is 1.30. The minimum atomic E-state index is -0.204. The standard InChI is InChI=1S/C31H30N4O4S/c1-38-27-9-7-20-15-25-23(22-5-2-3-6-24(22)34-25)11-12-32-30(36)18-35(13-4-14-39-28(27)16-20)31(37)21-8-10-29-26(17-21)33-19-40-29/h2-3,5-10,16-17,19,34H,4,11-15,18H2,1H3,(H,32,36). The molecule has 0 unspecified atom stereocenters. The summed E-state index contributed by atoms with van der Waals surface area (Å²) in [7, 11) is 1.63. The van der Waals surface area contributed by atoms with Gasteiger partial charge in [-0.2, -0.15) is 0 Å². The predicted octanol–water partition coefficient (Wildman–Crippen LogP) is 4.96. The molecule has 9 heteroatoms. The van der Waals surface area contributed by atoms with Gasteiger partial charge >= 0.3 is 0 Å². The van der Waals surface area contributed by atoms with Gasteiger partial charge in [-0.25, -0.2) is 4.98 Å². The Hall–Kier alpha value is -4.37. The van der Waals surface area contributed by atoms with Gasteiger partial charge < -0.3 is 24.7 Å². The topological polar surface area (TPSA) is 96.6 Å². The number of aromatic amines is 1. The van der Waals surface area contributed by atoms with Gasteiger partial charge in [-0.15, -0.1) is 11.3 Å². The molecule has 6 rings (SSSR count). The van der Waals surface area contributed by atoms with Crippen molar-refractivity contribution >= 4 is 44.3 Å². The number of H-pyrrole nitrogens is 1. The third-order valence-electron chi connectivity index (χ3n) is 7.24. The maximum atomic E-state index is 13.5. The average Bonchev–Trinajstić information content (AvgIpc) is 3.58. The Kier molecular flexibility index (Phi) is 7.37. The molecular formula is C31H30N4O4S. The van der Waals surface area contributed by atoms with Gasteiger partial charge in [0.2, 0.25) is 5.91 Å². The largest absolute Gasteiger partial charge is 0.493 e. The number of hydrogen-bond acceptors (Lipinski definition) is 6. The molecule has 204 valence electrons. The summed E-state index contributed by atoms with van der Waals surface area (Å²) in [5, 5.41) is 4.18. The molecule has 0 radical (unpaired) electrons. The minimum absolute atomic E-state index is 0.0342. The Morgan fingerprint density at radius 1 is 1.12 bits per heavy atom. The third-order valence-corrected chi connectivity index (χ3v) is 8.05. The molecule has 0 spiro atoms. The van der Waals surface area contributed by atoms with E-state index in [-0.39, 0.29) is 18.4 Å². The molecule has 2 N–H and O–H groups in total. The Morgan fingerprint density at radius 2 is 2.02 bits per heavy atom. The zero-order chi connectivity index (χ0) is 27.5. The van der Waals surface area contributed by atoms with Crippen molar-refractivity contribution in [1.82, 2.24) is 20.2 Å². The number of thiazole rings is 1. The van der Waals surface area contributed by atoms with Crippen LogP contribution < -0.4 is 14.8 Å². The summed E-state index contributed by atoms with van der Waals surface area (Å²) in [5.41, 5.74) is 7.49. The van der Waals surface area contributed by atoms with E-state index >= 15 is 0 Å². The maximum absolute atomic E-state index is 13.5. The molecule has 2 aromatic heterocycles. The quantitative estimate of drug-likeness (QED) is 0.322. The zero-order valence-electron chi connectivity index (χ0n) is 22.2. The summed E-state index contributed by atoms with van der Waals surface area (Å²) in [6.45, 7) is 1.18. The second-order valence-corrected chi connectivity index (χ2v) is 10.7. The van der Waals surface area contributed by atoms with Crippen LogP contribution in [0.15, 0.2) is 66.2 Å². The van der Waals surface area contributed by atoms with Crippen molar-refractivity contribution in [3.63, 3.8) is 0 Å². The van der Waals surface area contributed by atoms with Crippen LogP contribution in [0.2, 0.25) is 0 Å². The number of aromatic nitrogens is 2. The number of para-hydroxylation sites is 1. The van der Waals surface area contributed by atoms with E-state index in [1.54, 1.807) is 29.7 Å². The molecule has 40 heavy (non-hydrogen) atoms. The Morgan fingerprint density at radius 3 is 2.92 bits per heavy atom. The van der Waals surface area contributed by atoms with Crippen molar-refractivity contribution in [2.75, 3.05) is 33.4 Å². The van der Waals surface area contributed by atoms with E-state index < -0.39 is 0 Å². The van der Waals surface area contributed by atoms with E-state index in [1.165, 1.54) is 16.9 Å². The number of nitrogens with one attached hydrogen (secondary N) is 2. The first-order chi connectivity index (χ1) is 19.6. The molecule has 3 aromatic carbocycles. The highest BCUT2D eigenvalue weighted by Crippen LogP contribution is 2.31. The smallest absolute Gasteiger partial charge is 0.254 e. The van der Waals surface area contributed by atoms with Crippen molar-refractivity contribution in [3.05, 3.63) is 88.6 Å². The summed E-state index contributed by atoms with van der Waals surface area (Å²) < 4.78 is 12.7. The van der Waals surface area contributed by atoms with Gasteiger partial charge in [0, 0.05) is 41.7 Å². The van der Waals surface area contributed by atoms with Crippen molar-refractivity contribution in [2.24, 2.45) is 0 Å². The predicted molar refractivity (Wildman–Crippen MR) is 156 cm³/mol. The van der Waals surface area contributed by atoms with Gasteiger partial charge in [-0.1, -0.05) is 24.3 Å². The van der Waals surface area contributed by atoms with Gasteiger partial charge in [0.15, 0.2) is 11.5 Å². The van der Waals surface area contributed by atoms with Crippen molar-refractivity contribution in [2.45, 2.75) is 19.3 Å². The van der Waals surface area contributed by atoms with E-state index in [0.29, 0.717) is 56.0 Å². The van der Waals surface area contributed by atoms with Crippen molar-refractivity contribution in [3.8, 4) is 11.5 Å². The average molecular weight is 555 g/mol. The number of carbonyl (C=O) groups is 2. The number of ether oxygens (including phenoxy) is 2. The summed E-state index contributed by atoms with van der Waals surface area (Å²) in [6, 6.07) is 19.7. The molecule has 8 nitrogen and oxygen atoms in total. The van der Waals surface area contributed by atoms with Gasteiger partial charge in [0.05, 0.1) is 36.0 Å². The van der Waals surface area contributed by atoms with Crippen LogP contribution in [-0.2, 0) is 17.6 Å². The normalized spacial score (nSPS) is 14.9. The number of amides is 2. The zero-order valence-corrected chi connectivity index (χ0v) is 23.1. The van der Waals surface area contributed by atoms with E-state index in [9.17, 15) is 9.59 Å². The fraction of sp³-hybridized carbons (Fsp3) is 0.258. The third kappa shape index (κ3) is 5.37. The molecule has 0 saturated heterocycles. The second kappa shape index (κ2) is 11.4. The number of hydrogen-bond donors (Lipinski definition) is 2. The van der Waals surface area contributed by atoms with Crippen LogP contribution in [0.3, 0.4) is 0 Å². The van der Waals surface area contributed by atoms with Crippen molar-refractivity contribution in [1.29, 1.82) is 0 Å². The van der Waals surface area contributed by atoms with Crippen LogP contribution in [0.25, 0.3) is 21.1 Å². The van der Waals surface area contributed by atoms with Gasteiger partial charge in [0.25, 0.3) is 5.91 Å². The van der Waals surface area contributed by atoms with Gasteiger partial charge in [-0.05, 0) is 60.4 Å². The molecule has 0 aliphatic carbocycles. The van der Waals surface area contributed by atoms with Crippen LogP contribution in [0.5, 0.6) is 11.5 Å². The number of nitrogens with zero attached hydrogens (tertiary/aromatic N) is 2. The lowest BCUT2D eigenvalue weighted by molar-refractivity contribution is -0.121. The molecule has 1 aliphatic heterocycles. The van der Waals surface area contributed by atoms with Crippen LogP contribution in [0.4, 0.5) is 0 Å². The molecular weight excluding hydrogens is 524 g/mol. The maximum Gasteiger partial charge on any atom is 0.254 e. The van der Waals surface area contributed by atoms with Crippen molar-refractivity contribution < 1.29 is 19.1 Å². The molecule has 2 bridgehead atoms. The van der Waals surface area contributed by atoms with Crippen LogP contribution >= 0.6 is 11.3 Å². The molecule has 0 atom stereocenters. The fourth-order valence-corrected chi connectivity index (χ4v) is 5.92. The first-order valence-electron chi connectivity index (χ1n) is 13.4. The van der Waals surface area contributed by atoms with E-state index in [4.69, 9.17) is 9.47 Å². The van der Waals surface area contributed by atoms with Crippen LogP contribution in [-0.4, -0.2) is 60.0 Å². The first kappa shape index (κ1) is 25.9. The summed E-state index contributed by atoms with van der Waals surface area (Å²) in [4.78, 5) is 36.1. The van der Waals surface area contributed by atoms with E-state index in [1.807, 2.05) is 36.4 Å². The number of fused-ring (bicyclic) bond motifs is 6. The lowest BCUT2D eigenvalue weighted by Gasteiger charge is -2.23. The number of carbonyl (C=O) groups excluding carboxylic acids is 2. The summed E-state index contributed by atoms with van der Waals surface area (Å²) >= 11 is 1.53. The highest BCUT2D eigenvalue weighted by molar-refractivity contribution is 7.16. The molecule has 3 heterocycles. The lowest BCUT2D eigenvalue weighted by Crippen LogP contribution is -2.42. The lowest BCUT2D eigenvalue weighted by atomic mass is 10.0. The molecule has 2 amide bonds. The number of methoxy groups -OCH3 is 1. The molecule has 1 aliphatic rings. The molecule has 0 saturated carbocycles. The first-order valence-corrected chi connectivity index (χ1v) is 14.2. The fourth-order valence-electron chi connectivity index (χ4n) is 5.26. The van der Waals surface area contributed by atoms with E-state index in [2.05, 4.69) is 27.4 Å². The second-order valence-electron chi connectivity index (χ2n) is 9.85. The summed E-state index contributed by atoms with van der Waals surface area (Å²) in [6.07, 6.45) is 1.92. The van der Waals surface area contributed by atoms with Crippen LogP contribution in [0.1, 0.15) is 33.6 Å². The summed E-state index contributed by atoms with van der Waals surface area (Å²) in [5.74, 6) is 0.925. The number of rotatable bonds is 2. The SMILES string of the molecule is COc1ccc2cc1OCCCN(C(=O)c1ccc3scnc3c1)CC(=O)NCCc1c([nH]c3ccccc13)C2.